The summed E-state index contributed by atoms with van der Waals surface area (Å²) in [5.74, 6) is 2.47. The smallest absolute Gasteiger partial charge is 0.246 e. The molecule has 1 aromatic carbocycles. The summed E-state index contributed by atoms with van der Waals surface area (Å²) < 4.78 is 5.93. The Hall–Kier alpha value is -2.23. The minimum atomic E-state index is -0.395. The lowest BCUT2D eigenvalue weighted by atomic mass is 9.88. The van der Waals surface area contributed by atoms with Gasteiger partial charge in [0.1, 0.15) is 12.2 Å². The third-order valence-corrected chi connectivity index (χ3v) is 4.50. The van der Waals surface area contributed by atoms with E-state index in [2.05, 4.69) is 26.8 Å². The summed E-state index contributed by atoms with van der Waals surface area (Å²) >= 11 is 0. The van der Waals surface area contributed by atoms with E-state index >= 15 is 0 Å². The first-order valence-electron chi connectivity index (χ1n) is 8.23. The maximum absolute atomic E-state index is 12.0. The standard InChI is InChI=1S/C18H22N4O2/c1-2-3-9-18(21-22-18)10-11-20-16(23)12-24-17(13-19-14-17)15-7-5-4-6-8-15/h1,4-8,19H,3,9-14H2,(H,20,23). The Labute approximate surface area is 142 Å². The molecular formula is C18H22N4O2. The van der Waals surface area contributed by atoms with Gasteiger partial charge >= 0.3 is 0 Å². The number of nitrogens with zero attached hydrogens (tertiary/aromatic N) is 2. The number of carbonyl (C=O) groups excluding carboxylic acids is 1. The Bertz CT molecular complexity index is 641. The Balaban J connectivity index is 1.40. The second-order valence-corrected chi connectivity index (χ2v) is 6.24. The maximum atomic E-state index is 12.0. The Morgan fingerprint density at radius 1 is 1.29 bits per heavy atom. The van der Waals surface area contributed by atoms with Gasteiger partial charge in [-0.1, -0.05) is 30.3 Å². The van der Waals surface area contributed by atoms with Gasteiger partial charge in [-0.25, -0.2) is 0 Å². The topological polar surface area (TPSA) is 75.1 Å². The van der Waals surface area contributed by atoms with E-state index in [4.69, 9.17) is 11.2 Å². The van der Waals surface area contributed by atoms with Crippen LogP contribution in [0.1, 0.15) is 24.8 Å². The second-order valence-electron chi connectivity index (χ2n) is 6.24. The van der Waals surface area contributed by atoms with Crippen LogP contribution in [0.5, 0.6) is 0 Å². The van der Waals surface area contributed by atoms with Crippen LogP contribution in [0.15, 0.2) is 40.6 Å². The molecule has 0 unspecified atom stereocenters. The van der Waals surface area contributed by atoms with Crippen LogP contribution in [0.2, 0.25) is 0 Å². The normalized spacial score (nSPS) is 19.1. The van der Waals surface area contributed by atoms with E-state index < -0.39 is 5.60 Å². The highest BCUT2D eigenvalue weighted by molar-refractivity contribution is 5.77. The van der Waals surface area contributed by atoms with Crippen LogP contribution in [-0.2, 0) is 15.1 Å². The van der Waals surface area contributed by atoms with Crippen molar-refractivity contribution >= 4 is 5.91 Å². The van der Waals surface area contributed by atoms with Crippen LogP contribution in [0.25, 0.3) is 0 Å². The predicted octanol–water partition coefficient (Wildman–Crippen LogP) is 1.58. The van der Waals surface area contributed by atoms with Gasteiger partial charge in [0.2, 0.25) is 5.91 Å². The van der Waals surface area contributed by atoms with Crippen molar-refractivity contribution in [2.45, 2.75) is 30.5 Å². The van der Waals surface area contributed by atoms with Crippen LogP contribution in [0.4, 0.5) is 0 Å². The molecule has 24 heavy (non-hydrogen) atoms. The van der Waals surface area contributed by atoms with Crippen molar-refractivity contribution in [2.75, 3.05) is 26.2 Å². The molecule has 1 fully saturated rings. The first kappa shape index (κ1) is 16.6. The van der Waals surface area contributed by atoms with E-state index in [0.717, 1.165) is 25.1 Å². The fourth-order valence-electron chi connectivity index (χ4n) is 2.81. The van der Waals surface area contributed by atoms with Gasteiger partial charge in [0.05, 0.1) is 0 Å². The summed E-state index contributed by atoms with van der Waals surface area (Å²) in [6.45, 7) is 2.01. The highest BCUT2D eigenvalue weighted by Gasteiger charge is 2.41. The molecule has 2 N–H and O–H groups in total. The number of benzene rings is 1. The summed E-state index contributed by atoms with van der Waals surface area (Å²) in [7, 11) is 0. The molecule has 1 aromatic rings. The average molecular weight is 326 g/mol. The summed E-state index contributed by atoms with van der Waals surface area (Å²) in [5.41, 5.74) is 0.345. The van der Waals surface area contributed by atoms with Crippen LogP contribution in [-0.4, -0.2) is 37.8 Å². The fraction of sp³-hybridized carbons (Fsp3) is 0.500. The molecule has 6 heteroatoms. The number of terminal acetylenes is 1. The Morgan fingerprint density at radius 2 is 2.04 bits per heavy atom. The van der Waals surface area contributed by atoms with E-state index in [-0.39, 0.29) is 18.2 Å². The number of hydrogen-bond donors (Lipinski definition) is 2. The van der Waals surface area contributed by atoms with E-state index in [0.29, 0.717) is 19.4 Å². The number of rotatable bonds is 9. The van der Waals surface area contributed by atoms with Gasteiger partial charge in [-0.3, -0.25) is 4.79 Å². The molecule has 0 spiro atoms. The SMILES string of the molecule is C#CCCC1(CCNC(=O)COC2(c3ccccc3)CNC2)N=N1. The quantitative estimate of drug-likeness (QED) is 0.677. The molecule has 2 aliphatic heterocycles. The number of nitrogens with one attached hydrogen (secondary N) is 2. The molecule has 0 atom stereocenters. The largest absolute Gasteiger partial charge is 0.358 e. The molecule has 126 valence electrons. The molecule has 0 saturated carbocycles. The van der Waals surface area contributed by atoms with Crippen molar-refractivity contribution in [1.29, 1.82) is 0 Å². The third kappa shape index (κ3) is 3.81. The van der Waals surface area contributed by atoms with Gasteiger partial charge in [-0.05, 0) is 5.56 Å². The monoisotopic (exact) mass is 326 g/mol. The fourth-order valence-corrected chi connectivity index (χ4v) is 2.81. The first-order valence-corrected chi connectivity index (χ1v) is 8.23. The third-order valence-electron chi connectivity index (χ3n) is 4.50. The number of ether oxygens (including phenoxy) is 1. The number of hydrogen-bond acceptors (Lipinski definition) is 5. The minimum absolute atomic E-state index is 0.0439. The van der Waals surface area contributed by atoms with E-state index in [1.54, 1.807) is 0 Å². The van der Waals surface area contributed by atoms with Crippen LogP contribution in [0.3, 0.4) is 0 Å². The molecule has 2 aliphatic rings. The van der Waals surface area contributed by atoms with E-state index in [1.807, 2.05) is 30.3 Å². The zero-order chi connectivity index (χ0) is 16.9. The molecule has 2 heterocycles. The van der Waals surface area contributed by atoms with Gasteiger partial charge in [0.15, 0.2) is 5.66 Å². The molecule has 3 rings (SSSR count). The first-order chi connectivity index (χ1) is 11.7. The minimum Gasteiger partial charge on any atom is -0.358 e. The van der Waals surface area contributed by atoms with E-state index in [9.17, 15) is 4.79 Å². The molecule has 1 amide bonds. The predicted molar refractivity (Wildman–Crippen MR) is 90.2 cm³/mol. The second kappa shape index (κ2) is 7.12. The van der Waals surface area contributed by atoms with Crippen LogP contribution in [0, 0.1) is 12.3 Å². The molecule has 0 bridgehead atoms. The lowest BCUT2D eigenvalue weighted by molar-refractivity contribution is -0.139. The van der Waals surface area contributed by atoms with Gasteiger partial charge < -0.3 is 15.4 Å². The molecule has 0 radical (unpaired) electrons. The van der Waals surface area contributed by atoms with Gasteiger partial charge in [0.25, 0.3) is 0 Å². The molecular weight excluding hydrogens is 304 g/mol. The Morgan fingerprint density at radius 3 is 2.62 bits per heavy atom. The number of carbonyl (C=O) groups is 1. The lowest BCUT2D eigenvalue weighted by Gasteiger charge is -2.42. The highest BCUT2D eigenvalue weighted by Crippen LogP contribution is 2.36. The van der Waals surface area contributed by atoms with Crippen molar-refractivity contribution in [3.63, 3.8) is 0 Å². The van der Waals surface area contributed by atoms with Gasteiger partial charge in [-0.2, -0.15) is 10.2 Å². The maximum Gasteiger partial charge on any atom is 0.246 e. The van der Waals surface area contributed by atoms with Crippen molar-refractivity contribution in [3.05, 3.63) is 35.9 Å². The molecule has 1 saturated heterocycles. The van der Waals surface area contributed by atoms with E-state index in [1.165, 1.54) is 0 Å². The molecule has 6 nitrogen and oxygen atoms in total. The summed E-state index contributed by atoms with van der Waals surface area (Å²) in [6.07, 6.45) is 7.35. The van der Waals surface area contributed by atoms with Crippen molar-refractivity contribution in [3.8, 4) is 12.3 Å². The van der Waals surface area contributed by atoms with Crippen molar-refractivity contribution in [1.82, 2.24) is 10.6 Å². The summed E-state index contributed by atoms with van der Waals surface area (Å²) in [4.78, 5) is 12.0. The Kier molecular flexibility index (Phi) is 4.93. The van der Waals surface area contributed by atoms with Crippen LogP contribution >= 0.6 is 0 Å². The lowest BCUT2D eigenvalue weighted by Crippen LogP contribution is -2.59. The van der Waals surface area contributed by atoms with Crippen LogP contribution < -0.4 is 10.6 Å². The van der Waals surface area contributed by atoms with Crippen molar-refractivity contribution < 1.29 is 9.53 Å². The van der Waals surface area contributed by atoms with Gasteiger partial charge in [-0.15, -0.1) is 12.3 Å². The zero-order valence-corrected chi connectivity index (χ0v) is 13.6. The average Bonchev–Trinajstić information content (AvgIpc) is 3.33. The number of amides is 1. The summed E-state index contributed by atoms with van der Waals surface area (Å²) in [6, 6.07) is 10.0. The van der Waals surface area contributed by atoms with Gasteiger partial charge in [0, 0.05) is 38.9 Å². The summed E-state index contributed by atoms with van der Waals surface area (Å²) in [5, 5.41) is 14.2. The molecule has 0 aliphatic carbocycles. The van der Waals surface area contributed by atoms with Crippen molar-refractivity contribution in [2.24, 2.45) is 10.2 Å². The molecule has 0 aromatic heterocycles. The zero-order valence-electron chi connectivity index (χ0n) is 13.6. The highest BCUT2D eigenvalue weighted by atomic mass is 16.5.